The number of ether oxygens (including phenoxy) is 2. The van der Waals surface area contributed by atoms with Gasteiger partial charge in [-0.1, -0.05) is 24.1 Å². The average Bonchev–Trinajstić information content (AvgIpc) is 3.59. The molecule has 1 spiro atoms. The number of nitrogens with zero attached hydrogens (tertiary/aromatic N) is 2. The minimum atomic E-state index is -0.124. The smallest absolute Gasteiger partial charge is 0.321 e. The summed E-state index contributed by atoms with van der Waals surface area (Å²) in [6.07, 6.45) is 7.42. The number of hydrogen-bond acceptors (Lipinski definition) is 4. The highest BCUT2D eigenvalue weighted by molar-refractivity contribution is 5.94. The maximum atomic E-state index is 13.1. The van der Waals surface area contributed by atoms with Gasteiger partial charge in [0.2, 0.25) is 0 Å². The molecule has 0 bridgehead atoms. The molecular formula is C30H35N3O4. The van der Waals surface area contributed by atoms with Gasteiger partial charge in [-0.2, -0.15) is 0 Å². The molecule has 194 valence electrons. The highest BCUT2D eigenvalue weighted by atomic mass is 16.5. The maximum absolute atomic E-state index is 13.1. The average molecular weight is 502 g/mol. The van der Waals surface area contributed by atoms with Gasteiger partial charge < -0.3 is 24.6 Å². The molecule has 3 amide bonds. The van der Waals surface area contributed by atoms with Crippen molar-refractivity contribution in [2.24, 2.45) is 5.41 Å². The van der Waals surface area contributed by atoms with E-state index >= 15 is 0 Å². The lowest BCUT2D eigenvalue weighted by molar-refractivity contribution is -0.127. The van der Waals surface area contributed by atoms with E-state index in [0.717, 1.165) is 44.2 Å². The Labute approximate surface area is 219 Å². The molecule has 5 rings (SSSR count). The van der Waals surface area contributed by atoms with Crippen molar-refractivity contribution >= 4 is 17.6 Å². The van der Waals surface area contributed by atoms with E-state index in [-0.39, 0.29) is 23.5 Å². The van der Waals surface area contributed by atoms with Gasteiger partial charge in [-0.05, 0) is 74.6 Å². The molecule has 0 unspecified atom stereocenters. The number of nitrogens with one attached hydrogen (secondary N) is 1. The SMILES string of the molecule is COc1ccc(NC(=O)N2CCC3(CCN(C(=O)C#Cc4ccccc4)CC3)C2)cc1OC1CCCC1. The second kappa shape index (κ2) is 11.2. The van der Waals surface area contributed by atoms with Crippen molar-refractivity contribution in [1.29, 1.82) is 0 Å². The summed E-state index contributed by atoms with van der Waals surface area (Å²) in [4.78, 5) is 29.4. The number of urea groups is 1. The third kappa shape index (κ3) is 6.02. The Morgan fingerprint density at radius 2 is 1.65 bits per heavy atom. The van der Waals surface area contributed by atoms with Crippen molar-refractivity contribution in [1.82, 2.24) is 9.80 Å². The molecule has 2 aromatic carbocycles. The van der Waals surface area contributed by atoms with E-state index in [9.17, 15) is 9.59 Å². The molecule has 2 heterocycles. The van der Waals surface area contributed by atoms with Crippen molar-refractivity contribution in [3.8, 4) is 23.3 Å². The van der Waals surface area contributed by atoms with Gasteiger partial charge in [-0.15, -0.1) is 0 Å². The molecule has 1 N–H and O–H groups in total. The summed E-state index contributed by atoms with van der Waals surface area (Å²) >= 11 is 0. The summed E-state index contributed by atoms with van der Waals surface area (Å²) in [5.41, 5.74) is 1.62. The van der Waals surface area contributed by atoms with Crippen LogP contribution in [0.3, 0.4) is 0 Å². The van der Waals surface area contributed by atoms with Crippen molar-refractivity contribution in [3.05, 3.63) is 54.1 Å². The zero-order chi connectivity index (χ0) is 25.7. The van der Waals surface area contributed by atoms with Crippen LogP contribution in [-0.2, 0) is 4.79 Å². The van der Waals surface area contributed by atoms with Crippen LogP contribution in [0.25, 0.3) is 0 Å². The highest BCUT2D eigenvalue weighted by Crippen LogP contribution is 2.41. The molecule has 2 aromatic rings. The fraction of sp³-hybridized carbons (Fsp3) is 0.467. The molecule has 7 nitrogen and oxygen atoms in total. The van der Waals surface area contributed by atoms with Gasteiger partial charge in [-0.3, -0.25) is 4.79 Å². The van der Waals surface area contributed by atoms with E-state index in [1.807, 2.05) is 58.3 Å². The fourth-order valence-corrected chi connectivity index (χ4v) is 5.66. The number of carbonyl (C=O) groups excluding carboxylic acids is 2. The van der Waals surface area contributed by atoms with Gasteiger partial charge >= 0.3 is 6.03 Å². The molecule has 3 fully saturated rings. The van der Waals surface area contributed by atoms with Crippen LogP contribution in [-0.4, -0.2) is 61.1 Å². The van der Waals surface area contributed by atoms with Gasteiger partial charge in [0.15, 0.2) is 11.5 Å². The van der Waals surface area contributed by atoms with Crippen molar-refractivity contribution < 1.29 is 19.1 Å². The van der Waals surface area contributed by atoms with Crippen LogP contribution >= 0.6 is 0 Å². The fourth-order valence-electron chi connectivity index (χ4n) is 5.66. The van der Waals surface area contributed by atoms with Crippen molar-refractivity contribution in [3.63, 3.8) is 0 Å². The maximum Gasteiger partial charge on any atom is 0.321 e. The summed E-state index contributed by atoms with van der Waals surface area (Å²) < 4.78 is 11.6. The summed E-state index contributed by atoms with van der Waals surface area (Å²) in [6, 6.07) is 15.0. The van der Waals surface area contributed by atoms with E-state index < -0.39 is 0 Å². The normalized spacial score (nSPS) is 18.8. The Kier molecular flexibility index (Phi) is 7.55. The van der Waals surface area contributed by atoms with E-state index in [0.29, 0.717) is 36.8 Å². The first-order valence-corrected chi connectivity index (χ1v) is 13.3. The third-order valence-corrected chi connectivity index (χ3v) is 7.94. The van der Waals surface area contributed by atoms with Gasteiger partial charge in [0.05, 0.1) is 13.2 Å². The Morgan fingerprint density at radius 1 is 0.946 bits per heavy atom. The minimum Gasteiger partial charge on any atom is -0.493 e. The molecule has 7 heteroatoms. The molecule has 2 saturated heterocycles. The number of carbonyl (C=O) groups is 2. The largest absolute Gasteiger partial charge is 0.493 e. The summed E-state index contributed by atoms with van der Waals surface area (Å²) in [7, 11) is 1.63. The van der Waals surface area contributed by atoms with Crippen LogP contribution < -0.4 is 14.8 Å². The standard InChI is InChI=1S/C30H35N3O4/c1-36-26-13-12-24(21-27(26)37-25-9-5-6-10-25)31-29(35)33-20-17-30(22-33)15-18-32(19-16-30)28(34)14-11-23-7-3-2-4-8-23/h2-4,7-8,12-13,21,25H,5-6,9-10,15-20,22H2,1H3,(H,31,35). The first kappa shape index (κ1) is 25.0. The molecule has 1 aliphatic carbocycles. The number of rotatable bonds is 4. The second-order valence-corrected chi connectivity index (χ2v) is 10.4. The summed E-state index contributed by atoms with van der Waals surface area (Å²) in [5, 5.41) is 3.05. The van der Waals surface area contributed by atoms with Gasteiger partial charge in [0, 0.05) is 49.4 Å². The quantitative estimate of drug-likeness (QED) is 0.604. The number of methoxy groups -OCH3 is 1. The lowest BCUT2D eigenvalue weighted by Gasteiger charge is -2.38. The second-order valence-electron chi connectivity index (χ2n) is 10.4. The number of likely N-dealkylation sites (tertiary alicyclic amines) is 2. The summed E-state index contributed by atoms with van der Waals surface area (Å²) in [6.45, 7) is 2.78. The molecule has 3 aliphatic rings. The minimum absolute atomic E-state index is 0.0671. The molecule has 0 atom stereocenters. The molecule has 1 saturated carbocycles. The molecule has 0 radical (unpaired) electrons. The number of hydrogen-bond donors (Lipinski definition) is 1. The first-order valence-electron chi connectivity index (χ1n) is 13.3. The van der Waals surface area contributed by atoms with Crippen molar-refractivity contribution in [2.75, 3.05) is 38.6 Å². The topological polar surface area (TPSA) is 71.1 Å². The lowest BCUT2D eigenvalue weighted by Crippen LogP contribution is -2.44. The van der Waals surface area contributed by atoms with Crippen LogP contribution in [0, 0.1) is 17.3 Å². The zero-order valence-corrected chi connectivity index (χ0v) is 21.5. The number of amides is 3. The van der Waals surface area contributed by atoms with Gasteiger partial charge in [0.1, 0.15) is 0 Å². The van der Waals surface area contributed by atoms with Crippen molar-refractivity contribution in [2.45, 2.75) is 51.0 Å². The number of anilines is 1. The third-order valence-electron chi connectivity index (χ3n) is 7.94. The monoisotopic (exact) mass is 501 g/mol. The Hall–Kier alpha value is -3.66. The van der Waals surface area contributed by atoms with Crippen LogP contribution in [0.2, 0.25) is 0 Å². The predicted octanol–water partition coefficient (Wildman–Crippen LogP) is 4.91. The molecular weight excluding hydrogens is 466 g/mol. The Bertz CT molecular complexity index is 1170. The van der Waals surface area contributed by atoms with Gasteiger partial charge in [-0.25, -0.2) is 4.79 Å². The van der Waals surface area contributed by atoms with E-state index in [4.69, 9.17) is 9.47 Å². The van der Waals surface area contributed by atoms with Crippen LogP contribution in [0.1, 0.15) is 50.5 Å². The van der Waals surface area contributed by atoms with E-state index in [2.05, 4.69) is 17.2 Å². The van der Waals surface area contributed by atoms with Crippen LogP contribution in [0.5, 0.6) is 11.5 Å². The van der Waals surface area contributed by atoms with Gasteiger partial charge in [0.25, 0.3) is 5.91 Å². The lowest BCUT2D eigenvalue weighted by atomic mass is 9.78. The highest BCUT2D eigenvalue weighted by Gasteiger charge is 2.42. The Morgan fingerprint density at radius 3 is 2.35 bits per heavy atom. The van der Waals surface area contributed by atoms with Crippen LogP contribution in [0.15, 0.2) is 48.5 Å². The first-order chi connectivity index (χ1) is 18.0. The molecule has 0 aromatic heterocycles. The number of benzene rings is 2. The zero-order valence-electron chi connectivity index (χ0n) is 21.5. The molecule has 37 heavy (non-hydrogen) atoms. The predicted molar refractivity (Wildman–Crippen MR) is 143 cm³/mol. The molecule has 2 aliphatic heterocycles. The number of piperidine rings is 1. The Balaban J connectivity index is 1.14. The van der Waals surface area contributed by atoms with Crippen LogP contribution in [0.4, 0.5) is 10.5 Å². The van der Waals surface area contributed by atoms with E-state index in [1.165, 1.54) is 12.8 Å². The van der Waals surface area contributed by atoms with E-state index in [1.54, 1.807) is 7.11 Å². The summed E-state index contributed by atoms with van der Waals surface area (Å²) in [5.74, 6) is 6.98.